The van der Waals surface area contributed by atoms with Crippen molar-refractivity contribution < 1.29 is 29.6 Å². The van der Waals surface area contributed by atoms with E-state index in [1.54, 1.807) is 36.4 Å². The number of carbonyl (C=O) groups excluding carboxylic acids is 2. The van der Waals surface area contributed by atoms with Crippen LogP contribution in [0.4, 0.5) is 0 Å². The number of aliphatic hydroxyl groups excluding tert-OH is 2. The number of unbranched alkanes of at least 4 members (excludes halogenated alkanes) is 6. The van der Waals surface area contributed by atoms with Crippen LogP contribution < -0.4 is 4.74 Å². The van der Waals surface area contributed by atoms with Crippen molar-refractivity contribution in [2.45, 2.75) is 51.4 Å². The van der Waals surface area contributed by atoms with Crippen LogP contribution in [0, 0.1) is 0 Å². The van der Waals surface area contributed by atoms with Gasteiger partial charge in [-0.15, -0.1) is 17.9 Å². The maximum Gasteiger partial charge on any atom is 0.150 e. The molecule has 0 saturated carbocycles. The Labute approximate surface area is 223 Å². The maximum atomic E-state index is 10.4. The van der Waals surface area contributed by atoms with Gasteiger partial charge in [-0.1, -0.05) is 35.2 Å². The van der Waals surface area contributed by atoms with Gasteiger partial charge in [0.2, 0.25) is 0 Å². The predicted octanol–water partition coefficient (Wildman–Crippen LogP) is 6.22. The van der Waals surface area contributed by atoms with Crippen LogP contribution in [-0.4, -0.2) is 53.0 Å². The van der Waals surface area contributed by atoms with E-state index in [0.29, 0.717) is 24.3 Å². The van der Waals surface area contributed by atoms with E-state index in [4.69, 9.17) is 20.1 Å². The van der Waals surface area contributed by atoms with Crippen LogP contribution in [0.25, 0.3) is 0 Å². The van der Waals surface area contributed by atoms with Gasteiger partial charge in [0, 0.05) is 29.7 Å². The molecular formula is C26H41BrO6P2. The number of hydrogen-bond donors (Lipinski definition) is 3. The van der Waals surface area contributed by atoms with E-state index >= 15 is 0 Å². The molecule has 3 N–H and O–H groups in total. The summed E-state index contributed by atoms with van der Waals surface area (Å²) in [6, 6.07) is 13.2. The molecule has 35 heavy (non-hydrogen) atoms. The van der Waals surface area contributed by atoms with Crippen LogP contribution in [0.2, 0.25) is 0 Å². The Hall–Kier alpha value is -1.36. The molecule has 198 valence electrons. The number of aromatic hydroxyl groups is 1. The number of ether oxygens (including phenoxy) is 1. The van der Waals surface area contributed by atoms with Crippen LogP contribution in [-0.2, 0) is 0 Å². The molecule has 0 heterocycles. The lowest BCUT2D eigenvalue weighted by Gasteiger charge is -2.05. The summed E-state index contributed by atoms with van der Waals surface area (Å²) in [5.74, 6) is 0.980. The number of phenols is 1. The van der Waals surface area contributed by atoms with Gasteiger partial charge in [-0.3, -0.25) is 9.59 Å². The molecule has 2 rings (SSSR count). The highest BCUT2D eigenvalue weighted by molar-refractivity contribution is 9.09. The first-order valence-electron chi connectivity index (χ1n) is 11.6. The lowest BCUT2D eigenvalue weighted by Crippen LogP contribution is -1.97. The fourth-order valence-electron chi connectivity index (χ4n) is 2.51. The third-order valence-electron chi connectivity index (χ3n) is 4.41. The van der Waals surface area contributed by atoms with Crippen LogP contribution >= 0.6 is 33.8 Å². The van der Waals surface area contributed by atoms with Crippen molar-refractivity contribution in [2.75, 3.05) is 25.2 Å². The van der Waals surface area contributed by atoms with Crippen LogP contribution in [0.1, 0.15) is 72.1 Å². The fourth-order valence-corrected chi connectivity index (χ4v) is 2.91. The molecular weight excluding hydrogens is 550 g/mol. The van der Waals surface area contributed by atoms with Crippen LogP contribution in [0.3, 0.4) is 0 Å². The van der Waals surface area contributed by atoms with E-state index < -0.39 is 0 Å². The highest BCUT2D eigenvalue weighted by atomic mass is 79.9. The lowest BCUT2D eigenvalue weighted by molar-refractivity contribution is 0.111. The molecule has 0 fully saturated rings. The Kier molecular flexibility index (Phi) is 29.5. The first kappa shape index (κ1) is 35.8. The molecule has 2 aromatic rings. The predicted molar refractivity (Wildman–Crippen MR) is 155 cm³/mol. The van der Waals surface area contributed by atoms with Gasteiger partial charge in [-0.25, -0.2) is 0 Å². The van der Waals surface area contributed by atoms with E-state index in [1.807, 2.05) is 0 Å². The Morgan fingerprint density at radius 2 is 1.11 bits per heavy atom. The van der Waals surface area contributed by atoms with Crippen LogP contribution in [0.15, 0.2) is 48.5 Å². The molecule has 6 nitrogen and oxygen atoms in total. The van der Waals surface area contributed by atoms with Crippen molar-refractivity contribution in [3.05, 3.63) is 59.7 Å². The van der Waals surface area contributed by atoms with Gasteiger partial charge in [0.15, 0.2) is 0 Å². The van der Waals surface area contributed by atoms with Gasteiger partial charge in [0.05, 0.1) is 6.61 Å². The van der Waals surface area contributed by atoms with Gasteiger partial charge >= 0.3 is 0 Å². The molecule has 2 unspecified atom stereocenters. The Morgan fingerprint density at radius 3 is 1.54 bits per heavy atom. The zero-order valence-corrected chi connectivity index (χ0v) is 24.3. The highest BCUT2D eigenvalue weighted by Crippen LogP contribution is 2.12. The summed E-state index contributed by atoms with van der Waals surface area (Å²) in [7, 11) is 4.67. The van der Waals surface area contributed by atoms with Gasteiger partial charge in [-0.2, -0.15) is 0 Å². The summed E-state index contributed by atoms with van der Waals surface area (Å²) in [6.45, 7) is 1.31. The average Bonchev–Trinajstić information content (AvgIpc) is 2.91. The number of alkyl halides is 1. The van der Waals surface area contributed by atoms with Crippen molar-refractivity contribution in [1.29, 1.82) is 0 Å². The zero-order chi connectivity index (χ0) is 26.6. The number of aldehydes is 2. The maximum absolute atomic E-state index is 10.4. The Morgan fingerprint density at radius 1 is 0.686 bits per heavy atom. The second-order valence-electron chi connectivity index (χ2n) is 7.21. The smallest absolute Gasteiger partial charge is 0.150 e. The number of carbonyl (C=O) groups is 2. The molecule has 9 heteroatoms. The molecule has 0 aliphatic heterocycles. The Bertz CT molecular complexity index is 709. The van der Waals surface area contributed by atoms with Crippen molar-refractivity contribution in [1.82, 2.24) is 0 Å². The van der Waals surface area contributed by atoms with E-state index in [-0.39, 0.29) is 12.4 Å². The lowest BCUT2D eigenvalue weighted by atomic mass is 10.2. The van der Waals surface area contributed by atoms with Crippen molar-refractivity contribution in [3.8, 4) is 11.5 Å². The number of aliphatic hydroxyl groups is 2. The summed E-state index contributed by atoms with van der Waals surface area (Å²) < 4.78 is 5.51. The molecule has 0 aromatic heterocycles. The number of halogens is 1. The topological polar surface area (TPSA) is 104 Å². The van der Waals surface area contributed by atoms with Gasteiger partial charge in [-0.05, 0) is 80.6 Å². The second kappa shape index (κ2) is 28.9. The molecule has 0 spiro atoms. The fraction of sp³-hybridized carbons (Fsp3) is 0.462. The van der Waals surface area contributed by atoms with E-state index in [2.05, 4.69) is 33.8 Å². The number of benzene rings is 2. The van der Waals surface area contributed by atoms with Crippen molar-refractivity contribution in [2.24, 2.45) is 0 Å². The zero-order valence-electron chi connectivity index (χ0n) is 20.4. The molecule has 2 aromatic carbocycles. The third kappa shape index (κ3) is 24.1. The van der Waals surface area contributed by atoms with Crippen LogP contribution in [0.5, 0.6) is 11.5 Å². The van der Waals surface area contributed by atoms with E-state index in [1.165, 1.54) is 31.4 Å². The number of rotatable bonds is 14. The second-order valence-corrected chi connectivity index (χ2v) is 8.00. The highest BCUT2D eigenvalue weighted by Gasteiger charge is 1.95. The first-order chi connectivity index (χ1) is 17.1. The molecule has 0 aliphatic carbocycles. The third-order valence-corrected chi connectivity index (χ3v) is 4.97. The number of hydrogen-bond acceptors (Lipinski definition) is 6. The summed E-state index contributed by atoms with van der Waals surface area (Å²) in [5.41, 5.74) is 1.24. The molecule has 2 atom stereocenters. The van der Waals surface area contributed by atoms with E-state index in [0.717, 1.165) is 55.8 Å². The minimum atomic E-state index is 0.181. The Balaban J connectivity index is 0. The monoisotopic (exact) mass is 590 g/mol. The van der Waals surface area contributed by atoms with Gasteiger partial charge < -0.3 is 20.1 Å². The van der Waals surface area contributed by atoms with Crippen molar-refractivity contribution >= 4 is 46.4 Å². The quantitative estimate of drug-likeness (QED) is 0.104. The molecule has 0 saturated heterocycles. The molecule has 0 bridgehead atoms. The first-order valence-corrected chi connectivity index (χ1v) is 15.4. The van der Waals surface area contributed by atoms with Gasteiger partial charge in [0.25, 0.3) is 0 Å². The molecule has 0 radical (unpaired) electrons. The average molecular weight is 591 g/mol. The summed E-state index contributed by atoms with van der Waals surface area (Å²) >= 11 is 3.34. The van der Waals surface area contributed by atoms with E-state index in [9.17, 15) is 9.59 Å². The minimum Gasteiger partial charge on any atom is -0.508 e. The largest absolute Gasteiger partial charge is 0.508 e. The molecule has 0 amide bonds. The van der Waals surface area contributed by atoms with Gasteiger partial charge in [0.1, 0.15) is 24.1 Å². The SMILES string of the molecule is O=Cc1ccc(O)cc1.O=Cc1ccc(OCCCCCCO)cc1.OCCCCCCBr.PP. The molecule has 0 aliphatic rings. The normalized spacial score (nSPS) is 9.29. The minimum absolute atomic E-state index is 0.181. The van der Waals surface area contributed by atoms with Crippen molar-refractivity contribution in [3.63, 3.8) is 0 Å². The standard InChI is InChI=1S/C13H18O3.C7H6O2.C6H13BrO.H4P2/c14-9-3-1-2-4-10-16-13-7-5-12(11-15)6-8-13;8-5-6-1-3-7(9)4-2-6;7-5-3-1-2-4-6-8;1-2/h5-8,11,14H,1-4,9-10H2;1-5,9H;8H,1-6H2;1-2H2. The summed E-state index contributed by atoms with van der Waals surface area (Å²) in [5, 5.41) is 26.8. The summed E-state index contributed by atoms with van der Waals surface area (Å²) in [4.78, 5) is 20.5. The summed E-state index contributed by atoms with van der Waals surface area (Å²) in [6.07, 6.45) is 10.2. The number of phenolic OH excluding ortho intramolecular Hbond substituents is 1.